The van der Waals surface area contributed by atoms with Gasteiger partial charge in [-0.15, -0.1) is 12.4 Å². The van der Waals surface area contributed by atoms with Crippen molar-refractivity contribution in [2.75, 3.05) is 26.2 Å². The molecule has 2 aliphatic heterocycles. The molecule has 148 valence electrons. The lowest BCUT2D eigenvalue weighted by molar-refractivity contribution is -0.137. The average molecular weight is 400 g/mol. The maximum atomic E-state index is 10.8. The largest absolute Gasteiger partial charge is 0.492 e. The predicted octanol–water partition coefficient (Wildman–Crippen LogP) is 4.48. The molecule has 2 aliphatic rings. The van der Waals surface area contributed by atoms with Crippen molar-refractivity contribution in [3.8, 4) is 5.75 Å². The third kappa shape index (κ3) is 4.40. The summed E-state index contributed by atoms with van der Waals surface area (Å²) < 4.78 is 6.07. The van der Waals surface area contributed by atoms with Crippen LogP contribution in [0.3, 0.4) is 0 Å². The van der Waals surface area contributed by atoms with Crippen LogP contribution < -0.4 is 4.74 Å². The summed E-state index contributed by atoms with van der Waals surface area (Å²) in [7, 11) is 0. The first kappa shape index (κ1) is 20.4. The summed E-state index contributed by atoms with van der Waals surface area (Å²) in [5, 5.41) is 8.87. The molecule has 1 spiro atoms. The van der Waals surface area contributed by atoms with Crippen LogP contribution in [-0.2, 0) is 10.2 Å². The lowest BCUT2D eigenvalue weighted by Crippen LogP contribution is -2.44. The first-order valence-corrected chi connectivity index (χ1v) is 9.59. The molecule has 1 N–H and O–H groups in total. The number of carboxylic acid groups (broad SMARTS) is 1. The van der Waals surface area contributed by atoms with Crippen molar-refractivity contribution in [1.29, 1.82) is 0 Å². The van der Waals surface area contributed by atoms with Crippen LogP contribution in [0.25, 0.3) is 12.2 Å². The van der Waals surface area contributed by atoms with Crippen molar-refractivity contribution in [1.82, 2.24) is 4.90 Å². The number of likely N-dealkylation sites (tertiary alicyclic amines) is 1. The normalized spacial score (nSPS) is 17.9. The van der Waals surface area contributed by atoms with E-state index in [1.165, 1.54) is 11.1 Å². The van der Waals surface area contributed by atoms with Crippen LogP contribution in [0.2, 0.25) is 0 Å². The minimum atomic E-state index is -0.721. The van der Waals surface area contributed by atoms with Gasteiger partial charge in [0.15, 0.2) is 0 Å². The van der Waals surface area contributed by atoms with Crippen LogP contribution in [0.5, 0.6) is 5.75 Å². The Hall–Kier alpha value is -2.30. The Bertz CT molecular complexity index is 842. The van der Waals surface area contributed by atoms with Gasteiger partial charge in [-0.2, -0.15) is 0 Å². The summed E-state index contributed by atoms with van der Waals surface area (Å²) in [6, 6.07) is 16.8. The lowest BCUT2D eigenvalue weighted by atomic mass is 9.74. The highest BCUT2D eigenvalue weighted by atomic mass is 35.5. The molecule has 0 bridgehead atoms. The molecule has 0 saturated carbocycles. The highest BCUT2D eigenvalue weighted by molar-refractivity contribution is 5.85. The van der Waals surface area contributed by atoms with Crippen LogP contribution in [-0.4, -0.2) is 42.2 Å². The molecule has 0 radical (unpaired) electrons. The number of piperidine rings is 1. The summed E-state index contributed by atoms with van der Waals surface area (Å²) >= 11 is 0. The number of hydrogen-bond donors (Lipinski definition) is 1. The van der Waals surface area contributed by atoms with Gasteiger partial charge in [-0.1, -0.05) is 54.6 Å². The number of benzene rings is 2. The maximum absolute atomic E-state index is 10.8. The van der Waals surface area contributed by atoms with Crippen LogP contribution in [0.15, 0.2) is 48.5 Å². The number of halogens is 1. The molecule has 0 aliphatic carbocycles. The average Bonchev–Trinajstić information content (AvgIpc) is 3.04. The molecule has 2 aromatic carbocycles. The van der Waals surface area contributed by atoms with E-state index >= 15 is 0 Å². The molecule has 4 rings (SSSR count). The van der Waals surface area contributed by atoms with Crippen molar-refractivity contribution in [2.45, 2.75) is 24.7 Å². The van der Waals surface area contributed by atoms with Gasteiger partial charge in [-0.05, 0) is 43.1 Å². The fraction of sp³-hybridized carbons (Fsp3) is 0.348. The van der Waals surface area contributed by atoms with E-state index in [0.29, 0.717) is 6.54 Å². The standard InChI is InChI=1S/C23H25NO3.ClH/c25-22(26)10-13-24-14-11-23(12-15-24)17-27-21-16-19(8-9-20(21)23)7-6-18-4-2-1-3-5-18;/h1-9,16H,10-15,17H2,(H,25,26);1H/b7-6+;. The monoisotopic (exact) mass is 399 g/mol. The molecule has 0 unspecified atom stereocenters. The summed E-state index contributed by atoms with van der Waals surface area (Å²) in [5.74, 6) is 0.283. The van der Waals surface area contributed by atoms with Crippen molar-refractivity contribution >= 4 is 30.5 Å². The Morgan fingerprint density at radius 3 is 2.50 bits per heavy atom. The summed E-state index contributed by atoms with van der Waals surface area (Å²) in [6.07, 6.45) is 6.51. The highest BCUT2D eigenvalue weighted by Gasteiger charge is 2.42. The number of rotatable bonds is 5. The molecule has 1 fully saturated rings. The van der Waals surface area contributed by atoms with Crippen molar-refractivity contribution < 1.29 is 14.6 Å². The molecule has 28 heavy (non-hydrogen) atoms. The molecule has 2 aromatic rings. The van der Waals surface area contributed by atoms with E-state index in [1.54, 1.807) is 0 Å². The van der Waals surface area contributed by atoms with Crippen molar-refractivity contribution in [2.24, 2.45) is 0 Å². The number of aliphatic carboxylic acids is 1. The van der Waals surface area contributed by atoms with Crippen LogP contribution in [0.1, 0.15) is 36.0 Å². The zero-order chi connectivity index (χ0) is 18.7. The van der Waals surface area contributed by atoms with Gasteiger partial charge < -0.3 is 14.7 Å². The van der Waals surface area contributed by atoms with Gasteiger partial charge in [0.2, 0.25) is 0 Å². The third-order valence-electron chi connectivity index (χ3n) is 5.80. The van der Waals surface area contributed by atoms with Crippen LogP contribution >= 0.6 is 12.4 Å². The Morgan fingerprint density at radius 1 is 1.07 bits per heavy atom. The number of carbonyl (C=O) groups is 1. The van der Waals surface area contributed by atoms with Gasteiger partial charge in [-0.3, -0.25) is 4.79 Å². The van der Waals surface area contributed by atoms with Crippen LogP contribution in [0.4, 0.5) is 0 Å². The van der Waals surface area contributed by atoms with Gasteiger partial charge >= 0.3 is 5.97 Å². The fourth-order valence-electron chi connectivity index (χ4n) is 4.12. The van der Waals surface area contributed by atoms with Gasteiger partial charge in [0.25, 0.3) is 0 Å². The second-order valence-electron chi connectivity index (χ2n) is 7.55. The summed E-state index contributed by atoms with van der Waals surface area (Å²) in [5.41, 5.74) is 3.74. The Morgan fingerprint density at radius 2 is 1.79 bits per heavy atom. The molecular formula is C23H26ClNO3. The highest BCUT2D eigenvalue weighted by Crippen LogP contribution is 2.45. The van der Waals surface area contributed by atoms with Crippen LogP contribution in [0, 0.1) is 0 Å². The Labute approximate surface area is 172 Å². The molecule has 2 heterocycles. The smallest absolute Gasteiger partial charge is 0.304 e. The molecule has 0 aromatic heterocycles. The first-order valence-electron chi connectivity index (χ1n) is 9.59. The second-order valence-corrected chi connectivity index (χ2v) is 7.55. The molecule has 0 amide bonds. The number of hydrogen-bond acceptors (Lipinski definition) is 3. The van der Waals surface area contributed by atoms with E-state index in [1.807, 2.05) is 18.2 Å². The van der Waals surface area contributed by atoms with Crippen molar-refractivity contribution in [3.63, 3.8) is 0 Å². The van der Waals surface area contributed by atoms with Gasteiger partial charge in [0.1, 0.15) is 5.75 Å². The maximum Gasteiger partial charge on any atom is 0.304 e. The zero-order valence-electron chi connectivity index (χ0n) is 15.8. The van der Waals surface area contributed by atoms with E-state index in [9.17, 15) is 4.79 Å². The number of fused-ring (bicyclic) bond motifs is 2. The minimum Gasteiger partial charge on any atom is -0.492 e. The zero-order valence-corrected chi connectivity index (χ0v) is 16.7. The van der Waals surface area contributed by atoms with E-state index in [-0.39, 0.29) is 24.2 Å². The molecular weight excluding hydrogens is 374 g/mol. The molecule has 0 atom stereocenters. The Balaban J connectivity index is 0.00000225. The van der Waals surface area contributed by atoms with E-state index in [0.717, 1.165) is 43.9 Å². The van der Waals surface area contributed by atoms with Crippen molar-refractivity contribution in [3.05, 3.63) is 65.2 Å². The number of nitrogens with zero attached hydrogens (tertiary/aromatic N) is 1. The first-order chi connectivity index (χ1) is 13.1. The van der Waals surface area contributed by atoms with Gasteiger partial charge in [-0.25, -0.2) is 0 Å². The SMILES string of the molecule is Cl.O=C(O)CCN1CCC2(CC1)COc1cc(/C=C/c3ccccc3)ccc12. The van der Waals surface area contributed by atoms with Gasteiger partial charge in [0, 0.05) is 17.5 Å². The summed E-state index contributed by atoms with van der Waals surface area (Å²) in [6.45, 7) is 3.25. The third-order valence-corrected chi connectivity index (χ3v) is 5.80. The minimum absolute atomic E-state index is 0. The summed E-state index contributed by atoms with van der Waals surface area (Å²) in [4.78, 5) is 13.0. The lowest BCUT2D eigenvalue weighted by Gasteiger charge is -2.38. The quantitative estimate of drug-likeness (QED) is 0.753. The number of ether oxygens (including phenoxy) is 1. The molecule has 4 nitrogen and oxygen atoms in total. The van der Waals surface area contributed by atoms with E-state index < -0.39 is 5.97 Å². The Kier molecular flexibility index (Phi) is 6.42. The second kappa shape index (κ2) is 8.80. The fourth-order valence-corrected chi connectivity index (χ4v) is 4.12. The van der Waals surface area contributed by atoms with Gasteiger partial charge in [0.05, 0.1) is 13.0 Å². The topological polar surface area (TPSA) is 49.8 Å². The van der Waals surface area contributed by atoms with E-state index in [4.69, 9.17) is 9.84 Å². The molecule has 1 saturated heterocycles. The number of carboxylic acids is 1. The molecule has 5 heteroatoms. The predicted molar refractivity (Wildman–Crippen MR) is 114 cm³/mol. The van der Waals surface area contributed by atoms with E-state index in [2.05, 4.69) is 47.4 Å².